The van der Waals surface area contributed by atoms with E-state index >= 15 is 0 Å². The Morgan fingerprint density at radius 1 is 0.840 bits per heavy atom. The van der Waals surface area contributed by atoms with Crippen LogP contribution in [0.2, 0.25) is 0 Å². The van der Waals surface area contributed by atoms with Gasteiger partial charge >= 0.3 is 0 Å². The van der Waals surface area contributed by atoms with Crippen molar-refractivity contribution >= 4 is 42.5 Å². The second-order valence-corrected chi connectivity index (χ2v) is 11.2. The molecule has 9 heteroatoms. The molecule has 0 amide bonds. The third-order valence-electron chi connectivity index (χ3n) is 3.53. The highest BCUT2D eigenvalue weighted by Crippen LogP contribution is 2.31. The molecule has 0 aliphatic heterocycles. The van der Waals surface area contributed by atoms with E-state index in [0.29, 0.717) is 4.88 Å². The molecule has 0 saturated heterocycles. The molecule has 1 atom stereocenters. The lowest BCUT2D eigenvalue weighted by atomic mass is 10.3. The van der Waals surface area contributed by atoms with Crippen molar-refractivity contribution in [2.24, 2.45) is 0 Å². The van der Waals surface area contributed by atoms with Gasteiger partial charge in [-0.15, -0.1) is 22.7 Å². The van der Waals surface area contributed by atoms with Gasteiger partial charge < -0.3 is 0 Å². The number of hydrogen-bond acceptors (Lipinski definition) is 6. The number of rotatable bonds is 7. The van der Waals surface area contributed by atoms with Crippen molar-refractivity contribution in [1.82, 2.24) is 4.72 Å². The van der Waals surface area contributed by atoms with Crippen LogP contribution in [0.3, 0.4) is 0 Å². The molecule has 0 radical (unpaired) electrons. The summed E-state index contributed by atoms with van der Waals surface area (Å²) in [7, 11) is -7.47. The Hall–Kier alpha value is -1.52. The first-order valence-electron chi connectivity index (χ1n) is 7.27. The number of thiophene rings is 2. The first-order valence-corrected chi connectivity index (χ1v) is 12.1. The molecule has 1 N–H and O–H groups in total. The topological polar surface area (TPSA) is 80.3 Å². The summed E-state index contributed by atoms with van der Waals surface area (Å²) in [6.45, 7) is -0.224. The molecule has 3 rings (SSSR count). The summed E-state index contributed by atoms with van der Waals surface area (Å²) >= 11 is 2.37. The van der Waals surface area contributed by atoms with Crippen molar-refractivity contribution < 1.29 is 16.8 Å². The fraction of sp³-hybridized carbons (Fsp3) is 0.125. The molecule has 3 aromatic rings. The van der Waals surface area contributed by atoms with Crippen LogP contribution in [0.25, 0.3) is 0 Å². The fourth-order valence-corrected chi connectivity index (χ4v) is 7.28. The van der Waals surface area contributed by atoms with Crippen LogP contribution in [-0.2, 0) is 19.9 Å². The van der Waals surface area contributed by atoms with Crippen LogP contribution in [-0.4, -0.2) is 23.4 Å². The average Bonchev–Trinajstić information content (AvgIpc) is 3.30. The number of sulfonamides is 1. The largest absolute Gasteiger partial charge is 0.250 e. The molecule has 0 saturated carbocycles. The van der Waals surface area contributed by atoms with E-state index in [2.05, 4.69) is 4.72 Å². The maximum absolute atomic E-state index is 13.0. The van der Waals surface area contributed by atoms with Crippen molar-refractivity contribution in [3.05, 3.63) is 70.2 Å². The minimum atomic E-state index is -3.74. The van der Waals surface area contributed by atoms with Gasteiger partial charge in [-0.2, -0.15) is 0 Å². The Morgan fingerprint density at radius 2 is 1.52 bits per heavy atom. The number of hydrogen-bond donors (Lipinski definition) is 1. The van der Waals surface area contributed by atoms with Crippen LogP contribution in [0.4, 0.5) is 0 Å². The summed E-state index contributed by atoms with van der Waals surface area (Å²) in [5.74, 6) is 0. The molecule has 2 heterocycles. The summed E-state index contributed by atoms with van der Waals surface area (Å²) in [6.07, 6.45) is 0. The second kappa shape index (κ2) is 7.38. The number of nitrogens with one attached hydrogen (secondary N) is 1. The zero-order chi connectivity index (χ0) is 17.9. The minimum absolute atomic E-state index is 0.162. The third kappa shape index (κ3) is 4.01. The predicted octanol–water partition coefficient (Wildman–Crippen LogP) is 3.30. The summed E-state index contributed by atoms with van der Waals surface area (Å²) < 4.78 is 53.3. The Labute approximate surface area is 154 Å². The number of sulfone groups is 1. The lowest BCUT2D eigenvalue weighted by Crippen LogP contribution is -2.31. The summed E-state index contributed by atoms with van der Waals surface area (Å²) in [6, 6.07) is 14.6. The van der Waals surface area contributed by atoms with E-state index in [0.717, 1.165) is 11.3 Å². The van der Waals surface area contributed by atoms with Gasteiger partial charge in [0.1, 0.15) is 9.46 Å². The van der Waals surface area contributed by atoms with E-state index in [4.69, 9.17) is 0 Å². The van der Waals surface area contributed by atoms with Crippen LogP contribution >= 0.6 is 22.7 Å². The van der Waals surface area contributed by atoms with Gasteiger partial charge in [0.05, 0.1) is 4.90 Å². The van der Waals surface area contributed by atoms with E-state index in [1.54, 1.807) is 47.2 Å². The molecule has 5 nitrogen and oxygen atoms in total. The molecule has 25 heavy (non-hydrogen) atoms. The van der Waals surface area contributed by atoms with Crippen molar-refractivity contribution in [2.75, 3.05) is 6.54 Å². The van der Waals surface area contributed by atoms with E-state index in [9.17, 15) is 16.8 Å². The minimum Gasteiger partial charge on any atom is -0.223 e. The highest BCUT2D eigenvalue weighted by atomic mass is 32.2. The van der Waals surface area contributed by atoms with Crippen LogP contribution < -0.4 is 4.72 Å². The summed E-state index contributed by atoms with van der Waals surface area (Å²) in [5, 5.41) is 2.45. The van der Waals surface area contributed by atoms with Gasteiger partial charge in [0, 0.05) is 11.4 Å². The summed E-state index contributed by atoms with van der Waals surface area (Å²) in [5.41, 5.74) is 0. The molecule has 0 aliphatic rings. The third-order valence-corrected chi connectivity index (χ3v) is 9.58. The molecule has 0 aliphatic carbocycles. The molecule has 2 aromatic heterocycles. The highest BCUT2D eigenvalue weighted by Gasteiger charge is 2.31. The standard InChI is InChI=1S/C16H15NO4S4/c18-24(19,13-6-2-1-3-7-13)15(14-8-4-10-22-14)12-17-25(20,21)16-9-5-11-23-16/h1-11,15,17H,12H2. The van der Waals surface area contributed by atoms with Crippen LogP contribution in [0.5, 0.6) is 0 Å². The van der Waals surface area contributed by atoms with Gasteiger partial charge in [-0.25, -0.2) is 21.6 Å². The van der Waals surface area contributed by atoms with Crippen LogP contribution in [0.15, 0.2) is 74.5 Å². The van der Waals surface area contributed by atoms with Gasteiger partial charge in [0.15, 0.2) is 9.84 Å². The number of benzene rings is 1. The van der Waals surface area contributed by atoms with Gasteiger partial charge in [0.2, 0.25) is 10.0 Å². The van der Waals surface area contributed by atoms with Gasteiger partial charge in [-0.1, -0.05) is 30.3 Å². The maximum Gasteiger partial charge on any atom is 0.250 e. The van der Waals surface area contributed by atoms with Crippen molar-refractivity contribution in [2.45, 2.75) is 14.4 Å². The zero-order valence-corrected chi connectivity index (χ0v) is 16.2. The van der Waals surface area contributed by atoms with Crippen molar-refractivity contribution in [1.29, 1.82) is 0 Å². The van der Waals surface area contributed by atoms with Crippen molar-refractivity contribution in [3.63, 3.8) is 0 Å². The normalized spacial score (nSPS) is 13.6. The van der Waals surface area contributed by atoms with Gasteiger partial charge in [-0.05, 0) is 35.0 Å². The first-order chi connectivity index (χ1) is 11.9. The second-order valence-electron chi connectivity index (χ2n) is 5.15. The Bertz CT molecular complexity index is 1010. The maximum atomic E-state index is 13.0. The lowest BCUT2D eigenvalue weighted by molar-refractivity contribution is 0.571. The molecular weight excluding hydrogens is 398 g/mol. The van der Waals surface area contributed by atoms with Gasteiger partial charge in [0.25, 0.3) is 0 Å². The molecule has 0 fully saturated rings. The van der Waals surface area contributed by atoms with Gasteiger partial charge in [-0.3, -0.25) is 0 Å². The molecule has 1 unspecified atom stereocenters. The zero-order valence-electron chi connectivity index (χ0n) is 12.9. The van der Waals surface area contributed by atoms with Crippen LogP contribution in [0, 0.1) is 0 Å². The first kappa shape index (κ1) is 18.3. The molecular formula is C16H15NO4S4. The Morgan fingerprint density at radius 3 is 2.12 bits per heavy atom. The van der Waals surface area contributed by atoms with E-state index in [-0.39, 0.29) is 15.6 Å². The SMILES string of the molecule is O=S(=O)(NCC(c1cccs1)S(=O)(=O)c1ccccc1)c1cccs1. The summed E-state index contributed by atoms with van der Waals surface area (Å²) in [4.78, 5) is 0.765. The average molecular weight is 414 g/mol. The smallest absolute Gasteiger partial charge is 0.223 e. The fourth-order valence-electron chi connectivity index (χ4n) is 2.29. The monoisotopic (exact) mass is 413 g/mol. The highest BCUT2D eigenvalue weighted by molar-refractivity contribution is 7.92. The van der Waals surface area contributed by atoms with E-state index in [1.807, 2.05) is 0 Å². The molecule has 0 bridgehead atoms. The molecule has 1 aromatic carbocycles. The molecule has 132 valence electrons. The van der Waals surface area contributed by atoms with Crippen LogP contribution in [0.1, 0.15) is 10.1 Å². The Balaban J connectivity index is 1.92. The molecule has 0 spiro atoms. The van der Waals surface area contributed by atoms with E-state index < -0.39 is 25.1 Å². The van der Waals surface area contributed by atoms with Crippen molar-refractivity contribution in [3.8, 4) is 0 Å². The quantitative estimate of drug-likeness (QED) is 0.644. The predicted molar refractivity (Wildman–Crippen MR) is 100 cm³/mol. The Kier molecular flexibility index (Phi) is 5.40. The lowest BCUT2D eigenvalue weighted by Gasteiger charge is -2.17. The van der Waals surface area contributed by atoms with E-state index in [1.165, 1.54) is 29.5 Å².